The van der Waals surface area contributed by atoms with Crippen LogP contribution in [0, 0.1) is 0 Å². The smallest absolute Gasteiger partial charge is 0.262 e. The van der Waals surface area contributed by atoms with Gasteiger partial charge >= 0.3 is 0 Å². The van der Waals surface area contributed by atoms with Gasteiger partial charge in [0.05, 0.1) is 23.8 Å². The van der Waals surface area contributed by atoms with Crippen LogP contribution in [0.25, 0.3) is 0 Å². The molecule has 3 amide bonds. The molecule has 1 atom stereocenters. The second-order valence-corrected chi connectivity index (χ2v) is 8.08. The van der Waals surface area contributed by atoms with E-state index < -0.39 is 5.54 Å². The van der Waals surface area contributed by atoms with Crippen molar-refractivity contribution >= 4 is 17.7 Å². The van der Waals surface area contributed by atoms with Crippen molar-refractivity contribution in [2.24, 2.45) is 0 Å². The molecule has 0 spiro atoms. The van der Waals surface area contributed by atoms with Gasteiger partial charge in [-0.15, -0.1) is 0 Å². The van der Waals surface area contributed by atoms with E-state index >= 15 is 0 Å². The molecule has 2 aromatic rings. The summed E-state index contributed by atoms with van der Waals surface area (Å²) in [4.78, 5) is 39.4. The average Bonchev–Trinajstić information content (AvgIpc) is 2.92. The number of carbonyl (C=O) groups is 3. The van der Waals surface area contributed by atoms with Gasteiger partial charge in [-0.25, -0.2) is 0 Å². The van der Waals surface area contributed by atoms with Crippen LogP contribution in [-0.2, 0) is 0 Å². The van der Waals surface area contributed by atoms with Gasteiger partial charge in [0, 0.05) is 23.1 Å². The molecule has 28 heavy (non-hydrogen) atoms. The second-order valence-electron chi connectivity index (χ2n) is 8.08. The molecule has 0 fully saturated rings. The first-order valence-corrected chi connectivity index (χ1v) is 9.33. The van der Waals surface area contributed by atoms with Crippen molar-refractivity contribution in [3.63, 3.8) is 0 Å². The van der Waals surface area contributed by atoms with Gasteiger partial charge in [0.1, 0.15) is 5.75 Å². The van der Waals surface area contributed by atoms with E-state index in [2.05, 4.69) is 5.32 Å². The number of rotatable bonds is 2. The van der Waals surface area contributed by atoms with Gasteiger partial charge in [0.25, 0.3) is 17.7 Å². The average molecular weight is 378 g/mol. The van der Waals surface area contributed by atoms with E-state index in [9.17, 15) is 14.4 Å². The molecule has 1 N–H and O–H groups in total. The molecule has 2 aromatic carbocycles. The van der Waals surface area contributed by atoms with Crippen molar-refractivity contribution in [2.45, 2.75) is 38.8 Å². The van der Waals surface area contributed by atoms with Crippen molar-refractivity contribution in [1.29, 1.82) is 0 Å². The third-order valence-corrected chi connectivity index (χ3v) is 5.08. The maximum atomic E-state index is 12.8. The Morgan fingerprint density at radius 3 is 2.54 bits per heavy atom. The van der Waals surface area contributed by atoms with Gasteiger partial charge in [0.2, 0.25) is 0 Å². The van der Waals surface area contributed by atoms with Gasteiger partial charge in [-0.2, -0.15) is 0 Å². The lowest BCUT2D eigenvalue weighted by Gasteiger charge is -2.29. The summed E-state index contributed by atoms with van der Waals surface area (Å²) in [7, 11) is 0. The Bertz CT molecular complexity index is 990. The van der Waals surface area contributed by atoms with Crippen LogP contribution in [0.4, 0.5) is 0 Å². The van der Waals surface area contributed by atoms with Gasteiger partial charge in [-0.1, -0.05) is 18.2 Å². The largest absolute Gasteiger partial charge is 0.493 e. The van der Waals surface area contributed by atoms with E-state index in [1.807, 2.05) is 45.0 Å². The van der Waals surface area contributed by atoms with Crippen molar-refractivity contribution in [1.82, 2.24) is 10.2 Å². The first kappa shape index (κ1) is 18.2. The lowest BCUT2D eigenvalue weighted by Crippen LogP contribution is -2.45. The third-order valence-electron chi connectivity index (χ3n) is 5.08. The molecule has 6 nitrogen and oxygen atoms in total. The van der Waals surface area contributed by atoms with E-state index in [0.29, 0.717) is 24.2 Å². The Morgan fingerprint density at radius 1 is 1.07 bits per heavy atom. The summed E-state index contributed by atoms with van der Waals surface area (Å²) < 4.78 is 5.63. The number of hydrogen-bond acceptors (Lipinski definition) is 4. The third kappa shape index (κ3) is 2.95. The fourth-order valence-corrected chi connectivity index (χ4v) is 3.72. The van der Waals surface area contributed by atoms with E-state index in [0.717, 1.165) is 11.3 Å². The Morgan fingerprint density at radius 2 is 1.79 bits per heavy atom. The second kappa shape index (κ2) is 6.48. The van der Waals surface area contributed by atoms with E-state index in [1.165, 1.54) is 11.0 Å². The zero-order valence-corrected chi connectivity index (χ0v) is 16.1. The number of fused-ring (bicyclic) bond motifs is 2. The summed E-state index contributed by atoms with van der Waals surface area (Å²) in [5, 5.41) is 3.02. The Labute approximate surface area is 163 Å². The van der Waals surface area contributed by atoms with Crippen molar-refractivity contribution in [3.05, 3.63) is 64.7 Å². The zero-order chi connectivity index (χ0) is 20.1. The summed E-state index contributed by atoms with van der Waals surface area (Å²) in [6, 6.07) is 12.1. The highest BCUT2D eigenvalue weighted by Crippen LogP contribution is 2.33. The number of benzene rings is 2. The topological polar surface area (TPSA) is 75.7 Å². The molecule has 0 radical (unpaired) electrons. The Balaban J connectivity index is 1.60. The lowest BCUT2D eigenvalue weighted by atomic mass is 9.99. The van der Waals surface area contributed by atoms with Gasteiger partial charge in [0.15, 0.2) is 0 Å². The maximum absolute atomic E-state index is 12.8. The Hall–Kier alpha value is -3.15. The number of imide groups is 1. The molecule has 1 unspecified atom stereocenters. The Kier molecular flexibility index (Phi) is 4.22. The fraction of sp³-hybridized carbons (Fsp3) is 0.318. The molecule has 0 aromatic heterocycles. The van der Waals surface area contributed by atoms with Gasteiger partial charge in [-0.3, -0.25) is 19.3 Å². The highest BCUT2D eigenvalue weighted by molar-refractivity contribution is 6.22. The van der Waals surface area contributed by atoms with Crippen molar-refractivity contribution < 1.29 is 19.1 Å². The predicted molar refractivity (Wildman–Crippen MR) is 103 cm³/mol. The molecule has 4 rings (SSSR count). The van der Waals surface area contributed by atoms with Crippen LogP contribution in [0.15, 0.2) is 42.5 Å². The summed E-state index contributed by atoms with van der Waals surface area (Å²) in [5.74, 6) is -0.190. The molecule has 2 heterocycles. The van der Waals surface area contributed by atoms with E-state index in [1.54, 1.807) is 12.1 Å². The highest BCUT2D eigenvalue weighted by atomic mass is 16.5. The maximum Gasteiger partial charge on any atom is 0.262 e. The van der Waals surface area contributed by atoms with Crippen LogP contribution in [0.3, 0.4) is 0 Å². The van der Waals surface area contributed by atoms with Crippen LogP contribution in [0.2, 0.25) is 0 Å². The van der Waals surface area contributed by atoms with Crippen LogP contribution in [0.5, 0.6) is 5.75 Å². The fourth-order valence-electron chi connectivity index (χ4n) is 3.72. The van der Waals surface area contributed by atoms with E-state index in [-0.39, 0.29) is 29.3 Å². The van der Waals surface area contributed by atoms with Crippen molar-refractivity contribution in [2.75, 3.05) is 6.61 Å². The summed E-state index contributed by atoms with van der Waals surface area (Å²) in [5.41, 5.74) is 1.29. The molecular formula is C22H22N2O4. The quantitative estimate of drug-likeness (QED) is 0.814. The van der Waals surface area contributed by atoms with Crippen LogP contribution in [-0.4, -0.2) is 34.8 Å². The number of ether oxygens (including phenoxy) is 1. The normalized spacial score (nSPS) is 18.4. The number of carbonyl (C=O) groups excluding carboxylic acids is 3. The molecule has 2 aliphatic heterocycles. The van der Waals surface area contributed by atoms with Crippen molar-refractivity contribution in [3.8, 4) is 5.75 Å². The van der Waals surface area contributed by atoms with Gasteiger partial charge in [-0.05, 0) is 45.0 Å². The summed E-state index contributed by atoms with van der Waals surface area (Å²) >= 11 is 0. The van der Waals surface area contributed by atoms with Gasteiger partial charge < -0.3 is 10.1 Å². The zero-order valence-electron chi connectivity index (χ0n) is 16.1. The summed E-state index contributed by atoms with van der Waals surface area (Å²) in [6.45, 7) is 5.96. The number of para-hydroxylation sites is 1. The van der Waals surface area contributed by atoms with Crippen LogP contribution < -0.4 is 10.1 Å². The monoisotopic (exact) mass is 378 g/mol. The van der Waals surface area contributed by atoms with E-state index in [4.69, 9.17) is 4.74 Å². The lowest BCUT2D eigenvalue weighted by molar-refractivity contribution is 0.0507. The number of nitrogens with zero attached hydrogens (tertiary/aromatic N) is 1. The number of hydrogen-bond donors (Lipinski definition) is 1. The SMILES string of the molecule is CC(C)(C)N1C(=O)c2ccc(C(=O)NC3CCOc4ccccc43)cc2C1=O. The molecule has 6 heteroatoms. The first-order valence-electron chi connectivity index (χ1n) is 9.33. The molecular weight excluding hydrogens is 356 g/mol. The van der Waals surface area contributed by atoms with Crippen LogP contribution >= 0.6 is 0 Å². The molecule has 0 saturated heterocycles. The number of nitrogens with one attached hydrogen (secondary N) is 1. The standard InChI is InChI=1S/C22H22N2O4/c1-22(2,3)24-20(26)14-9-8-13(12-16(14)21(24)27)19(25)23-17-10-11-28-18-7-5-4-6-15(17)18/h4-9,12,17H,10-11H2,1-3H3,(H,23,25). The highest BCUT2D eigenvalue weighted by Gasteiger charge is 2.42. The molecule has 144 valence electrons. The molecule has 0 bridgehead atoms. The minimum absolute atomic E-state index is 0.158. The molecule has 0 aliphatic carbocycles. The summed E-state index contributed by atoms with van der Waals surface area (Å²) in [6.07, 6.45) is 0.670. The molecule has 2 aliphatic rings. The predicted octanol–water partition coefficient (Wildman–Crippen LogP) is 3.33. The van der Waals surface area contributed by atoms with Crippen LogP contribution in [0.1, 0.15) is 69.9 Å². The molecule has 0 saturated carbocycles. The number of amides is 3. The minimum Gasteiger partial charge on any atom is -0.493 e. The minimum atomic E-state index is -0.624. The first-order chi connectivity index (χ1) is 13.3.